The summed E-state index contributed by atoms with van der Waals surface area (Å²) in [5.41, 5.74) is 1.59. The Balaban J connectivity index is 1.79. The number of carbonyl (C=O) groups is 1. The maximum Gasteiger partial charge on any atom is 0.251 e. The molecule has 5 nitrogen and oxygen atoms in total. The summed E-state index contributed by atoms with van der Waals surface area (Å²) in [5.74, 6) is 1.34. The van der Waals surface area contributed by atoms with E-state index in [0.717, 1.165) is 22.3 Å². The van der Waals surface area contributed by atoms with Crippen molar-refractivity contribution in [3.05, 3.63) is 74.5 Å². The number of thioether (sulfide) groups is 1. The average molecular weight is 498 g/mol. The van der Waals surface area contributed by atoms with Gasteiger partial charge in [-0.15, -0.1) is 10.2 Å². The van der Waals surface area contributed by atoms with E-state index in [0.29, 0.717) is 27.2 Å². The zero-order chi connectivity index (χ0) is 22.5. The van der Waals surface area contributed by atoms with E-state index in [1.807, 2.05) is 49.6 Å². The Kier molecular flexibility index (Phi) is 8.28. The summed E-state index contributed by atoms with van der Waals surface area (Å²) in [6, 6.07) is 12.3. The third-order valence-corrected chi connectivity index (χ3v) is 6.79. The molecule has 0 saturated carbocycles. The van der Waals surface area contributed by atoms with Gasteiger partial charge in [-0.2, -0.15) is 0 Å². The van der Waals surface area contributed by atoms with Crippen molar-refractivity contribution >= 4 is 52.5 Å². The van der Waals surface area contributed by atoms with Crippen LogP contribution in [-0.4, -0.2) is 20.7 Å². The van der Waals surface area contributed by atoms with Gasteiger partial charge in [0.1, 0.15) is 0 Å². The van der Waals surface area contributed by atoms with Crippen molar-refractivity contribution in [3.8, 4) is 0 Å². The third kappa shape index (κ3) is 5.95. The average Bonchev–Trinajstić information content (AvgIpc) is 3.15. The highest BCUT2D eigenvalue weighted by molar-refractivity contribution is 7.98. The topological polar surface area (TPSA) is 59.8 Å². The first-order valence-corrected chi connectivity index (χ1v) is 12.0. The van der Waals surface area contributed by atoms with Crippen LogP contribution in [0.25, 0.3) is 0 Å². The molecule has 0 radical (unpaired) electrons. The van der Waals surface area contributed by atoms with E-state index in [4.69, 9.17) is 34.8 Å². The highest BCUT2D eigenvalue weighted by atomic mass is 35.5. The normalized spacial score (nSPS) is 12.2. The molecule has 1 N–H and O–H groups in total. The van der Waals surface area contributed by atoms with Gasteiger partial charge in [0, 0.05) is 22.9 Å². The number of rotatable bonds is 8. The molecule has 31 heavy (non-hydrogen) atoms. The lowest BCUT2D eigenvalue weighted by molar-refractivity contribution is 0.0922. The SMILES string of the molecule is CCn1c(SCc2ccc(Cl)cc2)nnc1[C@@H](NC(=O)c1ccc(Cl)c(Cl)c1)C(C)C. The van der Waals surface area contributed by atoms with Crippen molar-refractivity contribution in [1.29, 1.82) is 0 Å². The molecule has 0 unspecified atom stereocenters. The first-order chi connectivity index (χ1) is 14.8. The molecule has 0 fully saturated rings. The zero-order valence-electron chi connectivity index (χ0n) is 17.4. The third-order valence-electron chi connectivity index (χ3n) is 4.76. The van der Waals surface area contributed by atoms with Gasteiger partial charge >= 0.3 is 0 Å². The number of amides is 1. The maximum absolute atomic E-state index is 12.9. The van der Waals surface area contributed by atoms with Crippen LogP contribution in [-0.2, 0) is 12.3 Å². The van der Waals surface area contributed by atoms with Crippen LogP contribution in [0.4, 0.5) is 0 Å². The number of aromatic nitrogens is 3. The predicted octanol–water partition coefficient (Wildman–Crippen LogP) is 6.68. The highest BCUT2D eigenvalue weighted by Gasteiger charge is 2.26. The fraction of sp³-hybridized carbons (Fsp3) is 0.318. The molecule has 0 bridgehead atoms. The molecular weight excluding hydrogens is 475 g/mol. The smallest absolute Gasteiger partial charge is 0.251 e. The Bertz CT molecular complexity index is 1050. The van der Waals surface area contributed by atoms with Gasteiger partial charge in [0.15, 0.2) is 11.0 Å². The zero-order valence-corrected chi connectivity index (χ0v) is 20.5. The van der Waals surface area contributed by atoms with Crippen LogP contribution in [0.2, 0.25) is 15.1 Å². The number of nitrogens with zero attached hydrogens (tertiary/aromatic N) is 3. The van der Waals surface area contributed by atoms with Crippen molar-refractivity contribution < 1.29 is 4.79 Å². The van der Waals surface area contributed by atoms with Crippen molar-refractivity contribution in [2.24, 2.45) is 5.92 Å². The van der Waals surface area contributed by atoms with Gasteiger partial charge in [0.2, 0.25) is 0 Å². The Morgan fingerprint density at radius 3 is 2.39 bits per heavy atom. The summed E-state index contributed by atoms with van der Waals surface area (Å²) in [6.45, 7) is 6.80. The van der Waals surface area contributed by atoms with Gasteiger partial charge < -0.3 is 9.88 Å². The number of carbonyl (C=O) groups excluding carboxylic acids is 1. The molecule has 0 aliphatic rings. The largest absolute Gasteiger partial charge is 0.342 e. The van der Waals surface area contributed by atoms with Crippen molar-refractivity contribution in [3.63, 3.8) is 0 Å². The summed E-state index contributed by atoms with van der Waals surface area (Å²) in [5, 5.41) is 14.2. The van der Waals surface area contributed by atoms with Gasteiger partial charge in [-0.3, -0.25) is 4.79 Å². The van der Waals surface area contributed by atoms with Crippen LogP contribution < -0.4 is 5.32 Å². The van der Waals surface area contributed by atoms with Crippen LogP contribution in [0, 0.1) is 5.92 Å². The number of benzene rings is 2. The van der Waals surface area contributed by atoms with Gasteiger partial charge in [-0.25, -0.2) is 0 Å². The van der Waals surface area contributed by atoms with Gasteiger partial charge in [0.05, 0.1) is 16.1 Å². The molecule has 3 aromatic rings. The Morgan fingerprint density at radius 1 is 1.06 bits per heavy atom. The number of hydrogen-bond donors (Lipinski definition) is 1. The lowest BCUT2D eigenvalue weighted by atomic mass is 10.0. The molecule has 0 aliphatic carbocycles. The van der Waals surface area contributed by atoms with Gasteiger partial charge in [-0.1, -0.05) is 72.5 Å². The van der Waals surface area contributed by atoms with Crippen LogP contribution >= 0.6 is 46.6 Å². The van der Waals surface area contributed by atoms with Crippen LogP contribution in [0.1, 0.15) is 48.6 Å². The second-order valence-corrected chi connectivity index (χ2v) is 9.52. The Hall–Kier alpha value is -1.73. The molecular formula is C22H23Cl3N4OS. The summed E-state index contributed by atoms with van der Waals surface area (Å²) in [6.07, 6.45) is 0. The lowest BCUT2D eigenvalue weighted by Crippen LogP contribution is -2.33. The Morgan fingerprint density at radius 2 is 1.77 bits per heavy atom. The lowest BCUT2D eigenvalue weighted by Gasteiger charge is -2.22. The van der Waals surface area contributed by atoms with Crippen molar-refractivity contribution in [2.75, 3.05) is 0 Å². The van der Waals surface area contributed by atoms with E-state index >= 15 is 0 Å². The second-order valence-electron chi connectivity index (χ2n) is 7.32. The van der Waals surface area contributed by atoms with Gasteiger partial charge in [-0.05, 0) is 48.7 Å². The van der Waals surface area contributed by atoms with E-state index < -0.39 is 0 Å². The molecule has 2 aromatic carbocycles. The number of hydrogen-bond acceptors (Lipinski definition) is 4. The van der Waals surface area contributed by atoms with Crippen LogP contribution in [0.15, 0.2) is 47.6 Å². The monoisotopic (exact) mass is 496 g/mol. The minimum atomic E-state index is -0.306. The van der Waals surface area contributed by atoms with E-state index in [2.05, 4.69) is 15.5 Å². The molecule has 1 atom stereocenters. The summed E-state index contributed by atoms with van der Waals surface area (Å²) in [4.78, 5) is 12.9. The molecule has 0 saturated heterocycles. The first kappa shape index (κ1) is 23.9. The summed E-state index contributed by atoms with van der Waals surface area (Å²) in [7, 11) is 0. The molecule has 164 valence electrons. The molecule has 3 rings (SSSR count). The van der Waals surface area contributed by atoms with Gasteiger partial charge in [0.25, 0.3) is 5.91 Å². The number of halogens is 3. The summed E-state index contributed by atoms with van der Waals surface area (Å²) < 4.78 is 2.04. The van der Waals surface area contributed by atoms with E-state index in [9.17, 15) is 4.79 Å². The van der Waals surface area contributed by atoms with Crippen LogP contribution in [0.5, 0.6) is 0 Å². The quantitative estimate of drug-likeness (QED) is 0.353. The highest BCUT2D eigenvalue weighted by Crippen LogP contribution is 2.28. The first-order valence-electron chi connectivity index (χ1n) is 9.86. The number of nitrogens with one attached hydrogen (secondary N) is 1. The van der Waals surface area contributed by atoms with E-state index in [1.54, 1.807) is 30.0 Å². The van der Waals surface area contributed by atoms with Crippen molar-refractivity contribution in [1.82, 2.24) is 20.1 Å². The van der Waals surface area contributed by atoms with E-state index in [1.165, 1.54) is 0 Å². The summed E-state index contributed by atoms with van der Waals surface area (Å²) >= 11 is 19.6. The molecule has 9 heteroatoms. The van der Waals surface area contributed by atoms with Crippen molar-refractivity contribution in [2.45, 2.75) is 44.3 Å². The molecule has 0 aliphatic heterocycles. The molecule has 1 amide bonds. The maximum atomic E-state index is 12.9. The standard InChI is InChI=1S/C22H23Cl3N4OS/c1-4-29-20(27-28-22(29)31-12-14-5-8-16(23)9-6-14)19(13(2)3)26-21(30)15-7-10-17(24)18(25)11-15/h5-11,13,19H,4,12H2,1-3H3,(H,26,30)/t19-/m0/s1. The van der Waals surface area contributed by atoms with E-state index in [-0.39, 0.29) is 17.9 Å². The molecule has 0 spiro atoms. The minimum Gasteiger partial charge on any atom is -0.342 e. The molecule has 1 aromatic heterocycles. The fourth-order valence-corrected chi connectivity index (χ4v) is 4.44. The van der Waals surface area contributed by atoms with Crippen LogP contribution in [0.3, 0.4) is 0 Å². The minimum absolute atomic E-state index is 0.107. The Labute approximate surface area is 201 Å². The molecule has 1 heterocycles. The second kappa shape index (κ2) is 10.7. The fourth-order valence-electron chi connectivity index (χ4n) is 3.05. The predicted molar refractivity (Wildman–Crippen MR) is 128 cm³/mol.